The predicted octanol–water partition coefficient (Wildman–Crippen LogP) is 4.24. The third-order valence-corrected chi connectivity index (χ3v) is 4.75. The van der Waals surface area contributed by atoms with Crippen LogP contribution in [0.1, 0.15) is 12.0 Å². The number of aryl methyl sites for hydroxylation is 1. The second kappa shape index (κ2) is 7.93. The fourth-order valence-corrected chi connectivity index (χ4v) is 3.37. The van der Waals surface area contributed by atoms with E-state index in [2.05, 4.69) is 39.4 Å². The van der Waals surface area contributed by atoms with Crippen LogP contribution in [0.3, 0.4) is 0 Å². The number of amides is 1. The molecular weight excluding hydrogens is 368 g/mol. The first kappa shape index (κ1) is 18.4. The predicted molar refractivity (Wildman–Crippen MR) is 113 cm³/mol. The van der Waals surface area contributed by atoms with Gasteiger partial charge < -0.3 is 4.57 Å². The van der Waals surface area contributed by atoms with Gasteiger partial charge in [-0.05, 0) is 29.8 Å². The molecule has 1 amide bonds. The van der Waals surface area contributed by atoms with E-state index in [0.717, 1.165) is 11.0 Å². The molecule has 4 aromatic rings. The Morgan fingerprint density at radius 3 is 2.14 bits per heavy atom. The van der Waals surface area contributed by atoms with E-state index < -0.39 is 4.92 Å². The minimum absolute atomic E-state index is 0.0114. The number of hydrogen-bond acceptors (Lipinski definition) is 4. The maximum Gasteiger partial charge on any atom is 0.269 e. The third-order valence-electron chi connectivity index (χ3n) is 4.75. The van der Waals surface area contributed by atoms with Gasteiger partial charge in [-0.2, -0.15) is 5.10 Å². The van der Waals surface area contributed by atoms with E-state index >= 15 is 0 Å². The largest absolute Gasteiger partial charge is 0.340 e. The Balaban J connectivity index is 1.43. The minimum atomic E-state index is -0.461. The van der Waals surface area contributed by atoms with Crippen molar-refractivity contribution in [3.8, 4) is 0 Å². The van der Waals surface area contributed by atoms with Crippen molar-refractivity contribution in [2.45, 2.75) is 13.0 Å². The third kappa shape index (κ3) is 3.84. The van der Waals surface area contributed by atoms with Crippen LogP contribution >= 0.6 is 0 Å². The molecule has 7 heteroatoms. The normalized spacial score (nSPS) is 11.3. The Bertz CT molecular complexity index is 1170. The lowest BCUT2D eigenvalue weighted by molar-refractivity contribution is -0.384. The van der Waals surface area contributed by atoms with Crippen LogP contribution in [0.5, 0.6) is 0 Å². The fraction of sp³-hybridized carbons (Fsp3) is 0.0909. The number of carbonyl (C=O) groups is 1. The molecule has 0 radical (unpaired) electrons. The van der Waals surface area contributed by atoms with Gasteiger partial charge in [0.25, 0.3) is 5.69 Å². The molecule has 0 saturated carbocycles. The molecule has 0 aliphatic rings. The first-order valence-electron chi connectivity index (χ1n) is 9.16. The van der Waals surface area contributed by atoms with Crippen LogP contribution < -0.4 is 5.43 Å². The van der Waals surface area contributed by atoms with Gasteiger partial charge in [0.1, 0.15) is 0 Å². The molecule has 0 atom stereocenters. The van der Waals surface area contributed by atoms with Gasteiger partial charge >= 0.3 is 0 Å². The van der Waals surface area contributed by atoms with Gasteiger partial charge in [0.05, 0.1) is 11.1 Å². The van der Waals surface area contributed by atoms with E-state index in [1.54, 1.807) is 12.1 Å². The Labute approximate surface area is 166 Å². The summed E-state index contributed by atoms with van der Waals surface area (Å²) in [6, 6.07) is 22.2. The summed E-state index contributed by atoms with van der Waals surface area (Å²) in [6.45, 7) is 0.535. The maximum absolute atomic E-state index is 12.2. The fourth-order valence-electron chi connectivity index (χ4n) is 3.37. The summed E-state index contributed by atoms with van der Waals surface area (Å²) < 4.78 is 2.14. The van der Waals surface area contributed by atoms with E-state index in [4.69, 9.17) is 0 Å². The number of para-hydroxylation sites is 2. The van der Waals surface area contributed by atoms with Crippen molar-refractivity contribution in [3.05, 3.63) is 88.5 Å². The molecule has 144 valence electrons. The molecule has 3 aromatic carbocycles. The topological polar surface area (TPSA) is 89.5 Å². The van der Waals surface area contributed by atoms with E-state index in [1.807, 2.05) is 24.3 Å². The lowest BCUT2D eigenvalue weighted by atomic mass is 10.2. The van der Waals surface area contributed by atoms with Crippen LogP contribution in [0.25, 0.3) is 21.8 Å². The highest BCUT2D eigenvalue weighted by molar-refractivity contribution is 6.08. The molecule has 0 bridgehead atoms. The molecule has 7 nitrogen and oxygen atoms in total. The van der Waals surface area contributed by atoms with Crippen LogP contribution in [0, 0.1) is 10.1 Å². The first-order valence-corrected chi connectivity index (χ1v) is 9.16. The van der Waals surface area contributed by atoms with E-state index in [9.17, 15) is 14.9 Å². The zero-order valence-corrected chi connectivity index (χ0v) is 15.5. The molecule has 1 N–H and O–H groups in total. The number of rotatable bonds is 6. The Morgan fingerprint density at radius 1 is 0.966 bits per heavy atom. The quantitative estimate of drug-likeness (QED) is 0.305. The molecule has 0 fully saturated rings. The van der Waals surface area contributed by atoms with E-state index in [-0.39, 0.29) is 18.0 Å². The van der Waals surface area contributed by atoms with Gasteiger partial charge in [0.2, 0.25) is 5.91 Å². The molecule has 1 aromatic heterocycles. The number of nitro groups is 1. The second-order valence-corrected chi connectivity index (χ2v) is 6.58. The molecule has 4 rings (SSSR count). The highest BCUT2D eigenvalue weighted by atomic mass is 16.6. The van der Waals surface area contributed by atoms with Crippen molar-refractivity contribution in [1.29, 1.82) is 0 Å². The van der Waals surface area contributed by atoms with Gasteiger partial charge in [-0.15, -0.1) is 0 Å². The van der Waals surface area contributed by atoms with Crippen molar-refractivity contribution in [3.63, 3.8) is 0 Å². The molecule has 0 spiro atoms. The smallest absolute Gasteiger partial charge is 0.269 e. The molecule has 1 heterocycles. The number of aromatic nitrogens is 1. The number of nitrogens with one attached hydrogen (secondary N) is 1. The number of hydrazone groups is 1. The Hall–Kier alpha value is -4.00. The summed E-state index contributed by atoms with van der Waals surface area (Å²) in [6.07, 6.45) is 1.74. The number of carbonyl (C=O) groups excluding carboxylic acids is 1. The molecule has 29 heavy (non-hydrogen) atoms. The molecule has 0 aliphatic carbocycles. The lowest BCUT2D eigenvalue weighted by Crippen LogP contribution is -2.19. The number of nitro benzene ring substituents is 1. The number of hydrogen-bond donors (Lipinski definition) is 1. The summed E-state index contributed by atoms with van der Waals surface area (Å²) >= 11 is 0. The Kier molecular flexibility index (Phi) is 5.03. The van der Waals surface area contributed by atoms with E-state index in [0.29, 0.717) is 12.1 Å². The molecule has 0 unspecified atom stereocenters. The number of non-ortho nitro benzene ring substituents is 1. The van der Waals surface area contributed by atoms with Gasteiger partial charge in [0.15, 0.2) is 0 Å². The number of benzene rings is 3. The summed E-state index contributed by atoms with van der Waals surface area (Å²) in [5, 5.41) is 16.9. The SMILES string of the molecule is O=C(CCn1c2ccccc2c2ccccc21)N/N=C/c1ccc([N+](=O)[O-])cc1. The standard InChI is InChI=1S/C22H18N4O3/c27-22(24-23-15-16-9-11-17(12-10-16)26(28)29)13-14-25-20-7-3-1-5-18(20)19-6-2-4-8-21(19)25/h1-12,15H,13-14H2,(H,24,27)/b23-15+. The van der Waals surface area contributed by atoms with Gasteiger partial charge in [-0.25, -0.2) is 5.43 Å². The number of fused-ring (bicyclic) bond motifs is 3. The molecule has 0 saturated heterocycles. The maximum atomic E-state index is 12.2. The van der Waals surface area contributed by atoms with Crippen LogP contribution in [-0.2, 0) is 11.3 Å². The van der Waals surface area contributed by atoms with Gasteiger partial charge in [0, 0.05) is 46.9 Å². The highest BCUT2D eigenvalue weighted by Crippen LogP contribution is 2.28. The summed E-state index contributed by atoms with van der Waals surface area (Å²) in [7, 11) is 0. The first-order chi connectivity index (χ1) is 14.1. The lowest BCUT2D eigenvalue weighted by Gasteiger charge is -2.06. The second-order valence-electron chi connectivity index (χ2n) is 6.58. The summed E-state index contributed by atoms with van der Waals surface area (Å²) in [5.41, 5.74) is 5.37. The summed E-state index contributed by atoms with van der Waals surface area (Å²) in [5.74, 6) is -0.204. The number of nitrogens with zero attached hydrogens (tertiary/aromatic N) is 3. The van der Waals surface area contributed by atoms with Crippen LogP contribution in [-0.4, -0.2) is 21.6 Å². The molecular formula is C22H18N4O3. The monoisotopic (exact) mass is 386 g/mol. The van der Waals surface area contributed by atoms with Crippen molar-refractivity contribution in [1.82, 2.24) is 9.99 Å². The van der Waals surface area contributed by atoms with Gasteiger partial charge in [-0.3, -0.25) is 14.9 Å². The van der Waals surface area contributed by atoms with Crippen molar-refractivity contribution < 1.29 is 9.72 Å². The zero-order chi connectivity index (χ0) is 20.2. The van der Waals surface area contributed by atoms with Crippen molar-refractivity contribution >= 4 is 39.6 Å². The van der Waals surface area contributed by atoms with Gasteiger partial charge in [-0.1, -0.05) is 36.4 Å². The van der Waals surface area contributed by atoms with E-state index in [1.165, 1.54) is 29.1 Å². The Morgan fingerprint density at radius 2 is 1.55 bits per heavy atom. The zero-order valence-electron chi connectivity index (χ0n) is 15.5. The van der Waals surface area contributed by atoms with Crippen LogP contribution in [0.4, 0.5) is 5.69 Å². The van der Waals surface area contributed by atoms with Crippen molar-refractivity contribution in [2.75, 3.05) is 0 Å². The van der Waals surface area contributed by atoms with Crippen LogP contribution in [0.2, 0.25) is 0 Å². The highest BCUT2D eigenvalue weighted by Gasteiger charge is 2.10. The summed E-state index contributed by atoms with van der Waals surface area (Å²) in [4.78, 5) is 22.4. The van der Waals surface area contributed by atoms with Crippen LogP contribution in [0.15, 0.2) is 77.9 Å². The average Bonchev–Trinajstić information content (AvgIpc) is 3.06. The minimum Gasteiger partial charge on any atom is -0.340 e. The van der Waals surface area contributed by atoms with Crippen molar-refractivity contribution in [2.24, 2.45) is 5.10 Å². The average molecular weight is 386 g/mol. The molecule has 0 aliphatic heterocycles.